The van der Waals surface area contributed by atoms with Crippen molar-refractivity contribution < 1.29 is 23.9 Å². The number of benzene rings is 1. The van der Waals surface area contributed by atoms with Crippen molar-refractivity contribution in [1.29, 1.82) is 0 Å². The van der Waals surface area contributed by atoms with Gasteiger partial charge in [-0.1, -0.05) is 44.9 Å². The number of hydrogen-bond donors (Lipinski definition) is 0. The Hall–Kier alpha value is -2.96. The van der Waals surface area contributed by atoms with Crippen molar-refractivity contribution in [2.45, 2.75) is 57.9 Å². The van der Waals surface area contributed by atoms with Gasteiger partial charge in [0.05, 0.1) is 11.8 Å². The molecule has 4 rings (SSSR count). The van der Waals surface area contributed by atoms with E-state index in [9.17, 15) is 19.2 Å². The normalized spacial score (nSPS) is 26.2. The van der Waals surface area contributed by atoms with Crippen LogP contribution in [0.2, 0.25) is 0 Å². The van der Waals surface area contributed by atoms with Gasteiger partial charge in [0.25, 0.3) is 0 Å². The van der Waals surface area contributed by atoms with Crippen molar-refractivity contribution in [3.8, 4) is 0 Å². The lowest BCUT2D eigenvalue weighted by atomic mass is 9.81. The first-order valence-electron chi connectivity index (χ1n) is 11.3. The van der Waals surface area contributed by atoms with Crippen LogP contribution in [-0.2, 0) is 29.3 Å². The largest absolute Gasteiger partial charge is 0.456 e. The number of carbonyl (C=O) groups is 4. The van der Waals surface area contributed by atoms with E-state index in [2.05, 4.69) is 0 Å². The minimum atomic E-state index is -1.03. The highest BCUT2D eigenvalue weighted by Gasteiger charge is 2.51. The molecule has 7 heteroatoms. The first-order valence-corrected chi connectivity index (χ1v) is 11.3. The molecule has 0 bridgehead atoms. The van der Waals surface area contributed by atoms with Gasteiger partial charge in [0.2, 0.25) is 11.8 Å². The number of hydrogen-bond acceptors (Lipinski definition) is 6. The molecule has 7 nitrogen and oxygen atoms in total. The second kappa shape index (κ2) is 8.19. The van der Waals surface area contributed by atoms with Crippen LogP contribution in [0.5, 0.6) is 0 Å². The second-order valence-electron chi connectivity index (χ2n) is 9.52. The van der Waals surface area contributed by atoms with Gasteiger partial charge in [0.1, 0.15) is 6.04 Å². The number of anilines is 1. The predicted molar refractivity (Wildman–Crippen MR) is 119 cm³/mol. The zero-order chi connectivity index (χ0) is 23.2. The number of imide groups is 1. The summed E-state index contributed by atoms with van der Waals surface area (Å²) in [6.07, 6.45) is 4.73. The van der Waals surface area contributed by atoms with Crippen molar-refractivity contribution in [2.75, 3.05) is 18.6 Å². The number of fused-ring (bicyclic) bond motifs is 2. The van der Waals surface area contributed by atoms with Crippen LogP contribution in [0.4, 0.5) is 5.69 Å². The highest BCUT2D eigenvalue weighted by atomic mass is 16.5. The van der Waals surface area contributed by atoms with Crippen LogP contribution in [0.1, 0.15) is 52.0 Å². The number of amides is 2. The van der Waals surface area contributed by atoms with Crippen molar-refractivity contribution in [3.63, 3.8) is 0 Å². The zero-order valence-electron chi connectivity index (χ0n) is 19.1. The minimum Gasteiger partial charge on any atom is -0.456 e. The lowest BCUT2D eigenvalue weighted by Crippen LogP contribution is -2.44. The lowest BCUT2D eigenvalue weighted by Gasteiger charge is -2.24. The molecule has 0 aromatic heterocycles. The van der Waals surface area contributed by atoms with Crippen molar-refractivity contribution in [2.24, 2.45) is 11.8 Å². The molecular weight excluding hydrogens is 408 g/mol. The Morgan fingerprint density at radius 2 is 1.72 bits per heavy atom. The smallest absolute Gasteiger partial charge is 0.329 e. The fraction of sp³-hybridized carbons (Fsp3) is 0.520. The molecule has 2 unspecified atom stereocenters. The highest BCUT2D eigenvalue weighted by molar-refractivity contribution is 6.08. The van der Waals surface area contributed by atoms with E-state index < -0.39 is 18.6 Å². The Morgan fingerprint density at radius 3 is 2.31 bits per heavy atom. The van der Waals surface area contributed by atoms with Gasteiger partial charge in [-0.25, -0.2) is 4.79 Å². The molecule has 0 N–H and O–H groups in total. The molecule has 3 atom stereocenters. The molecule has 170 valence electrons. The average molecular weight is 439 g/mol. The first kappa shape index (κ1) is 22.2. The number of ketones is 1. The van der Waals surface area contributed by atoms with Gasteiger partial charge >= 0.3 is 5.97 Å². The van der Waals surface area contributed by atoms with Crippen LogP contribution in [0.25, 0.3) is 0 Å². The summed E-state index contributed by atoms with van der Waals surface area (Å²) < 4.78 is 5.22. The van der Waals surface area contributed by atoms with Crippen molar-refractivity contribution >= 4 is 29.3 Å². The first-order chi connectivity index (χ1) is 15.1. The molecule has 0 radical (unpaired) electrons. The van der Waals surface area contributed by atoms with E-state index in [1.807, 2.05) is 50.1 Å². The number of carbonyl (C=O) groups excluding carboxylic acids is 4. The standard InChI is InChI=1S/C25H30N2O5/c1-15(27-22(29)17-9-5-6-10-18(17)23(27)30)24(31)32-14-16(28)13-21-25(2,3)19-11-7-8-12-20(19)26(21)4/h7-8,11-13,15,17-18H,5-6,9-10,14H2,1-4H3/t15-,17?,18?/m0/s1. The molecule has 2 aliphatic heterocycles. The van der Waals surface area contributed by atoms with Gasteiger partial charge in [-0.05, 0) is 31.4 Å². The molecule has 2 heterocycles. The van der Waals surface area contributed by atoms with Gasteiger partial charge in [0, 0.05) is 29.9 Å². The van der Waals surface area contributed by atoms with Crippen molar-refractivity contribution in [3.05, 3.63) is 41.6 Å². The van der Waals surface area contributed by atoms with Gasteiger partial charge in [0.15, 0.2) is 12.4 Å². The maximum Gasteiger partial charge on any atom is 0.329 e. The number of nitrogens with zero attached hydrogens (tertiary/aromatic N) is 2. The maximum absolute atomic E-state index is 12.7. The van der Waals surface area contributed by atoms with Crippen LogP contribution in [0.15, 0.2) is 36.0 Å². The Balaban J connectivity index is 1.41. The van der Waals surface area contributed by atoms with E-state index in [-0.39, 0.29) is 34.8 Å². The number of likely N-dealkylation sites (tertiary alicyclic amines) is 1. The third-order valence-electron chi connectivity index (χ3n) is 7.20. The van der Waals surface area contributed by atoms with Gasteiger partial charge in [-0.3, -0.25) is 19.3 Å². The third-order valence-corrected chi connectivity index (χ3v) is 7.20. The quantitative estimate of drug-likeness (QED) is 0.399. The topological polar surface area (TPSA) is 84.0 Å². The SMILES string of the molecule is C[C@@H](C(=O)OCC(=O)C=C1N(C)c2ccccc2C1(C)C)N1C(=O)C2CCCCC2C1=O. The Labute approximate surface area is 188 Å². The fourth-order valence-electron chi connectivity index (χ4n) is 5.39. The van der Waals surface area contributed by atoms with E-state index in [1.165, 1.54) is 13.0 Å². The Kier molecular flexibility index (Phi) is 5.69. The highest BCUT2D eigenvalue weighted by Crippen LogP contribution is 2.46. The Bertz CT molecular complexity index is 987. The maximum atomic E-state index is 12.7. The van der Waals surface area contributed by atoms with E-state index in [0.29, 0.717) is 12.8 Å². The van der Waals surface area contributed by atoms with Gasteiger partial charge < -0.3 is 9.64 Å². The number of likely N-dealkylation sites (N-methyl/N-ethyl adjacent to an activating group) is 1. The van der Waals surface area contributed by atoms with E-state index in [1.54, 1.807) is 0 Å². The molecule has 1 aromatic carbocycles. The lowest BCUT2D eigenvalue weighted by molar-refractivity contribution is -0.159. The summed E-state index contributed by atoms with van der Waals surface area (Å²) in [6.45, 7) is 5.15. The summed E-state index contributed by atoms with van der Waals surface area (Å²) in [5.41, 5.74) is 2.62. The molecule has 0 spiro atoms. The molecule has 2 fully saturated rings. The number of allylic oxidation sites excluding steroid dienone is 1. The molecule has 2 amide bonds. The van der Waals surface area contributed by atoms with Crippen molar-refractivity contribution in [1.82, 2.24) is 4.90 Å². The molecule has 3 aliphatic rings. The van der Waals surface area contributed by atoms with Gasteiger partial charge in [-0.15, -0.1) is 0 Å². The second-order valence-corrected chi connectivity index (χ2v) is 9.52. The fourth-order valence-corrected chi connectivity index (χ4v) is 5.39. The van der Waals surface area contributed by atoms with Gasteiger partial charge in [-0.2, -0.15) is 0 Å². The van der Waals surface area contributed by atoms with Crippen LogP contribution < -0.4 is 4.90 Å². The summed E-state index contributed by atoms with van der Waals surface area (Å²) >= 11 is 0. The summed E-state index contributed by atoms with van der Waals surface area (Å²) in [5, 5.41) is 0. The van der Waals surface area contributed by atoms with E-state index in [0.717, 1.165) is 34.7 Å². The molecule has 32 heavy (non-hydrogen) atoms. The monoisotopic (exact) mass is 438 g/mol. The number of para-hydroxylation sites is 1. The van der Waals surface area contributed by atoms with Crippen LogP contribution in [-0.4, -0.2) is 48.2 Å². The van der Waals surface area contributed by atoms with E-state index >= 15 is 0 Å². The number of esters is 1. The molecular formula is C25H30N2O5. The summed E-state index contributed by atoms with van der Waals surface area (Å²) in [4.78, 5) is 53.6. The zero-order valence-corrected chi connectivity index (χ0v) is 19.1. The minimum absolute atomic E-state index is 0.287. The number of rotatable bonds is 5. The molecule has 1 aliphatic carbocycles. The predicted octanol–water partition coefficient (Wildman–Crippen LogP) is 2.97. The summed E-state index contributed by atoms with van der Waals surface area (Å²) in [7, 11) is 1.91. The average Bonchev–Trinajstić information content (AvgIpc) is 3.14. The van der Waals surface area contributed by atoms with E-state index in [4.69, 9.17) is 4.74 Å². The third kappa shape index (κ3) is 3.53. The molecule has 1 aromatic rings. The van der Waals surface area contributed by atoms with Crippen LogP contribution in [0, 0.1) is 11.8 Å². The summed E-state index contributed by atoms with van der Waals surface area (Å²) in [5.74, 6) is -2.30. The van der Waals surface area contributed by atoms with Crippen LogP contribution >= 0.6 is 0 Å². The molecule has 1 saturated carbocycles. The molecule has 1 saturated heterocycles. The number of ether oxygens (including phenoxy) is 1. The van der Waals surface area contributed by atoms with Crippen LogP contribution in [0.3, 0.4) is 0 Å². The summed E-state index contributed by atoms with van der Waals surface area (Å²) in [6, 6.07) is 6.94. The Morgan fingerprint density at radius 1 is 1.12 bits per heavy atom.